The zero-order valence-corrected chi connectivity index (χ0v) is 16.5. The largest absolute Gasteiger partial charge is 0.481 e. The van der Waals surface area contributed by atoms with Crippen molar-refractivity contribution >= 4 is 16.9 Å². The van der Waals surface area contributed by atoms with E-state index in [9.17, 15) is 9.59 Å². The first-order valence-electron chi connectivity index (χ1n) is 10.3. The lowest BCUT2D eigenvalue weighted by atomic mass is 9.82. The first kappa shape index (κ1) is 19.0. The Morgan fingerprint density at radius 1 is 1.29 bits per heavy atom. The minimum Gasteiger partial charge on any atom is -0.481 e. The normalized spacial score (nSPS) is 25.5. The van der Waals surface area contributed by atoms with Gasteiger partial charge in [0.15, 0.2) is 6.10 Å². The van der Waals surface area contributed by atoms with E-state index in [1.807, 2.05) is 24.0 Å². The van der Waals surface area contributed by atoms with Gasteiger partial charge in [-0.3, -0.25) is 4.79 Å². The third-order valence-corrected chi connectivity index (χ3v) is 6.11. The predicted molar refractivity (Wildman–Crippen MR) is 107 cm³/mol. The van der Waals surface area contributed by atoms with Crippen molar-refractivity contribution in [1.29, 1.82) is 0 Å². The molecule has 2 fully saturated rings. The Bertz CT molecular complexity index is 924. The van der Waals surface area contributed by atoms with Crippen LogP contribution in [0.4, 0.5) is 0 Å². The number of hydrogen-bond donors (Lipinski definition) is 1. The van der Waals surface area contributed by atoms with Gasteiger partial charge in [0.2, 0.25) is 0 Å². The van der Waals surface area contributed by atoms with E-state index in [0.29, 0.717) is 11.3 Å². The molecular weight excluding hydrogens is 356 g/mol. The molecule has 4 rings (SSSR count). The highest BCUT2D eigenvalue weighted by Gasteiger charge is 2.41. The van der Waals surface area contributed by atoms with E-state index >= 15 is 0 Å². The van der Waals surface area contributed by atoms with Crippen molar-refractivity contribution in [2.75, 3.05) is 0 Å². The van der Waals surface area contributed by atoms with Gasteiger partial charge < -0.3 is 19.8 Å². The van der Waals surface area contributed by atoms with Crippen LogP contribution in [0.5, 0.6) is 5.75 Å². The molecule has 1 amide bonds. The van der Waals surface area contributed by atoms with Crippen molar-refractivity contribution in [2.24, 2.45) is 5.73 Å². The molecule has 1 aromatic carbocycles. The Morgan fingerprint density at radius 3 is 2.68 bits per heavy atom. The highest BCUT2D eigenvalue weighted by Crippen LogP contribution is 2.34. The summed E-state index contributed by atoms with van der Waals surface area (Å²) < 4.78 is 11.3. The molecular formula is C22H28N2O4. The average molecular weight is 384 g/mol. The minimum atomic E-state index is -0.601. The Morgan fingerprint density at radius 2 is 2.00 bits per heavy atom. The lowest BCUT2D eigenvalue weighted by Crippen LogP contribution is -2.59. The summed E-state index contributed by atoms with van der Waals surface area (Å²) in [5.74, 6) is 0.550. The summed E-state index contributed by atoms with van der Waals surface area (Å²) in [6.07, 6.45) is 5.08. The third kappa shape index (κ3) is 3.53. The van der Waals surface area contributed by atoms with E-state index < -0.39 is 6.10 Å². The second-order valence-corrected chi connectivity index (χ2v) is 8.08. The third-order valence-electron chi connectivity index (χ3n) is 6.11. The van der Waals surface area contributed by atoms with Gasteiger partial charge in [-0.15, -0.1) is 0 Å². The van der Waals surface area contributed by atoms with Crippen molar-refractivity contribution < 1.29 is 13.9 Å². The second kappa shape index (κ2) is 7.59. The molecule has 2 unspecified atom stereocenters. The number of hydrogen-bond acceptors (Lipinski definition) is 5. The van der Waals surface area contributed by atoms with Crippen LogP contribution in [0.1, 0.15) is 51.5 Å². The molecule has 0 saturated carbocycles. The van der Waals surface area contributed by atoms with E-state index in [2.05, 4.69) is 0 Å². The van der Waals surface area contributed by atoms with E-state index in [4.69, 9.17) is 14.9 Å². The van der Waals surface area contributed by atoms with Crippen molar-refractivity contribution in [3.05, 3.63) is 40.2 Å². The number of aryl methyl sites for hydroxylation is 1. The molecule has 0 spiro atoms. The maximum atomic E-state index is 13.1. The van der Waals surface area contributed by atoms with Crippen LogP contribution in [0, 0.1) is 0 Å². The number of ether oxygens (including phenoxy) is 1. The van der Waals surface area contributed by atoms with Crippen molar-refractivity contribution in [3.8, 4) is 5.75 Å². The topological polar surface area (TPSA) is 85.8 Å². The van der Waals surface area contributed by atoms with Crippen LogP contribution < -0.4 is 16.1 Å². The summed E-state index contributed by atoms with van der Waals surface area (Å²) in [7, 11) is 0. The molecule has 4 atom stereocenters. The number of fused-ring (bicyclic) bond motifs is 3. The summed E-state index contributed by atoms with van der Waals surface area (Å²) in [6, 6.07) is 7.58. The molecule has 2 aromatic rings. The van der Waals surface area contributed by atoms with E-state index in [0.717, 1.165) is 49.5 Å². The molecule has 1 aromatic heterocycles. The van der Waals surface area contributed by atoms with Crippen LogP contribution in [0.2, 0.25) is 0 Å². The fourth-order valence-electron chi connectivity index (χ4n) is 4.82. The molecule has 0 aliphatic carbocycles. The molecule has 2 bridgehead atoms. The fourth-order valence-corrected chi connectivity index (χ4v) is 4.82. The molecule has 150 valence electrons. The molecule has 3 heterocycles. The molecule has 2 aliphatic rings. The summed E-state index contributed by atoms with van der Waals surface area (Å²) >= 11 is 0. The minimum absolute atomic E-state index is 0.0189. The summed E-state index contributed by atoms with van der Waals surface area (Å²) in [4.78, 5) is 26.9. The Kier molecular flexibility index (Phi) is 5.15. The van der Waals surface area contributed by atoms with Gasteiger partial charge in [0.1, 0.15) is 11.3 Å². The summed E-state index contributed by atoms with van der Waals surface area (Å²) in [5, 5.41) is 0.896. The Balaban J connectivity index is 1.54. The average Bonchev–Trinajstić information content (AvgIpc) is 2.65. The van der Waals surface area contributed by atoms with E-state index in [-0.39, 0.29) is 29.7 Å². The maximum absolute atomic E-state index is 13.1. The number of nitrogens with zero attached hydrogens (tertiary/aromatic N) is 1. The number of benzene rings is 1. The monoisotopic (exact) mass is 384 g/mol. The van der Waals surface area contributed by atoms with Crippen molar-refractivity contribution in [1.82, 2.24) is 4.90 Å². The van der Waals surface area contributed by atoms with Crippen LogP contribution in [-0.4, -0.2) is 35.0 Å². The number of piperidine rings is 2. The standard InChI is InChI=1S/C22H28N2O4/c1-3-14-9-21(25)28-20-12-18(7-8-19(14)20)27-13(2)22(26)24-16-5-4-6-17(24)11-15(23)10-16/h7-9,12-13,15-17H,3-6,10-11,23H2,1-2H3/t13?,15?,16-,17+. The zero-order chi connectivity index (χ0) is 19.8. The summed E-state index contributed by atoms with van der Waals surface area (Å²) in [6.45, 7) is 3.79. The number of carbonyl (C=O) groups is 1. The lowest BCUT2D eigenvalue weighted by Gasteiger charge is -2.48. The van der Waals surface area contributed by atoms with Gasteiger partial charge in [0, 0.05) is 35.6 Å². The molecule has 28 heavy (non-hydrogen) atoms. The second-order valence-electron chi connectivity index (χ2n) is 8.08. The SMILES string of the molecule is CCc1cc(=O)oc2cc(OC(C)C(=O)N3[C@@H]4CCC[C@H]3CC(N)C4)ccc12. The van der Waals surface area contributed by atoms with Gasteiger partial charge in [-0.1, -0.05) is 6.92 Å². The van der Waals surface area contributed by atoms with Gasteiger partial charge in [-0.25, -0.2) is 4.79 Å². The van der Waals surface area contributed by atoms with Crippen molar-refractivity contribution in [3.63, 3.8) is 0 Å². The Hall–Kier alpha value is -2.34. The van der Waals surface area contributed by atoms with Crippen LogP contribution in [0.3, 0.4) is 0 Å². The van der Waals surface area contributed by atoms with Crippen LogP contribution in [0.25, 0.3) is 11.0 Å². The van der Waals surface area contributed by atoms with Gasteiger partial charge in [-0.2, -0.15) is 0 Å². The van der Waals surface area contributed by atoms with Gasteiger partial charge in [-0.05, 0) is 63.1 Å². The van der Waals surface area contributed by atoms with Gasteiger partial charge in [0.05, 0.1) is 0 Å². The lowest BCUT2D eigenvalue weighted by molar-refractivity contribution is -0.148. The van der Waals surface area contributed by atoms with Gasteiger partial charge in [0.25, 0.3) is 5.91 Å². The zero-order valence-electron chi connectivity index (χ0n) is 16.5. The molecule has 6 heteroatoms. The first-order chi connectivity index (χ1) is 13.5. The van der Waals surface area contributed by atoms with Crippen molar-refractivity contribution in [2.45, 2.75) is 76.6 Å². The highest BCUT2D eigenvalue weighted by atomic mass is 16.5. The highest BCUT2D eigenvalue weighted by molar-refractivity contribution is 5.83. The maximum Gasteiger partial charge on any atom is 0.336 e. The number of amides is 1. The Labute approximate surface area is 164 Å². The molecule has 6 nitrogen and oxygen atoms in total. The molecule has 0 radical (unpaired) electrons. The smallest absolute Gasteiger partial charge is 0.336 e. The molecule has 2 aliphatic heterocycles. The molecule has 2 N–H and O–H groups in total. The number of rotatable bonds is 4. The number of carbonyl (C=O) groups excluding carboxylic acids is 1. The van der Waals surface area contributed by atoms with Crippen LogP contribution in [-0.2, 0) is 11.2 Å². The van der Waals surface area contributed by atoms with E-state index in [1.54, 1.807) is 13.0 Å². The van der Waals surface area contributed by atoms with E-state index in [1.165, 1.54) is 6.07 Å². The van der Waals surface area contributed by atoms with Gasteiger partial charge >= 0.3 is 5.63 Å². The fraction of sp³-hybridized carbons (Fsp3) is 0.545. The molecule has 2 saturated heterocycles. The quantitative estimate of drug-likeness (QED) is 0.819. The number of nitrogens with two attached hydrogens (primary N) is 1. The van der Waals surface area contributed by atoms with Crippen LogP contribution >= 0.6 is 0 Å². The van der Waals surface area contributed by atoms with Crippen LogP contribution in [0.15, 0.2) is 33.5 Å². The predicted octanol–water partition coefficient (Wildman–Crippen LogP) is 2.99. The first-order valence-corrected chi connectivity index (χ1v) is 10.3. The summed E-state index contributed by atoms with van der Waals surface area (Å²) in [5.41, 5.74) is 7.23.